The molecule has 0 bridgehead atoms. The number of aromatic nitrogens is 1. The monoisotopic (exact) mass is 305 g/mol. The molecule has 1 amide bonds. The number of nitrogens with two attached hydrogens (primary N) is 1. The second-order valence-electron chi connectivity index (χ2n) is 4.49. The summed E-state index contributed by atoms with van der Waals surface area (Å²) in [5.41, 5.74) is 7.84. The fourth-order valence-electron chi connectivity index (χ4n) is 1.82. The van der Waals surface area contributed by atoms with Crippen LogP contribution >= 0.6 is 11.6 Å². The SMILES string of the molecule is CCOc1cc(C)ccc1NC(=O)c1cc(N)cnc1Cl. The normalized spacial score (nSPS) is 10.2. The molecule has 1 heterocycles. The van der Waals surface area contributed by atoms with Crippen molar-refractivity contribution in [2.75, 3.05) is 17.7 Å². The lowest BCUT2D eigenvalue weighted by molar-refractivity contribution is 0.102. The molecule has 21 heavy (non-hydrogen) atoms. The van der Waals surface area contributed by atoms with Gasteiger partial charge in [0.05, 0.1) is 29.7 Å². The number of nitrogen functional groups attached to an aromatic ring is 1. The van der Waals surface area contributed by atoms with Crippen LogP contribution in [0.1, 0.15) is 22.8 Å². The molecule has 0 saturated carbocycles. The fourth-order valence-corrected chi connectivity index (χ4v) is 2.01. The van der Waals surface area contributed by atoms with Crippen LogP contribution in [0.15, 0.2) is 30.5 Å². The zero-order valence-corrected chi connectivity index (χ0v) is 12.6. The lowest BCUT2D eigenvalue weighted by Crippen LogP contribution is -2.14. The molecule has 1 aromatic carbocycles. The van der Waals surface area contributed by atoms with Crippen LogP contribution in [0, 0.1) is 6.92 Å². The lowest BCUT2D eigenvalue weighted by Gasteiger charge is -2.13. The molecule has 6 heteroatoms. The Hall–Kier alpha value is -2.27. The first-order valence-electron chi connectivity index (χ1n) is 6.47. The molecule has 0 fully saturated rings. The minimum absolute atomic E-state index is 0.103. The number of benzene rings is 1. The van der Waals surface area contributed by atoms with Gasteiger partial charge in [-0.15, -0.1) is 0 Å². The molecule has 0 aliphatic heterocycles. The van der Waals surface area contributed by atoms with Gasteiger partial charge in [0, 0.05) is 0 Å². The van der Waals surface area contributed by atoms with E-state index in [-0.39, 0.29) is 16.6 Å². The van der Waals surface area contributed by atoms with E-state index in [2.05, 4.69) is 10.3 Å². The molecule has 1 aromatic heterocycles. The van der Waals surface area contributed by atoms with Gasteiger partial charge < -0.3 is 15.8 Å². The molecule has 5 nitrogen and oxygen atoms in total. The van der Waals surface area contributed by atoms with Crippen LogP contribution in [0.2, 0.25) is 5.15 Å². The number of nitrogens with one attached hydrogen (secondary N) is 1. The molecular formula is C15H16ClN3O2. The first-order chi connectivity index (χ1) is 10.0. The average molecular weight is 306 g/mol. The largest absolute Gasteiger partial charge is 0.492 e. The minimum atomic E-state index is -0.385. The number of anilines is 2. The van der Waals surface area contributed by atoms with Crippen molar-refractivity contribution in [3.63, 3.8) is 0 Å². The number of pyridine rings is 1. The standard InChI is InChI=1S/C15H16ClN3O2/c1-3-21-13-6-9(2)4-5-12(13)19-15(20)11-7-10(17)8-18-14(11)16/h4-8H,3,17H2,1-2H3,(H,19,20). The van der Waals surface area contributed by atoms with E-state index in [0.717, 1.165) is 5.56 Å². The zero-order chi connectivity index (χ0) is 15.4. The molecule has 0 saturated heterocycles. The van der Waals surface area contributed by atoms with E-state index < -0.39 is 0 Å². The topological polar surface area (TPSA) is 77.2 Å². The summed E-state index contributed by atoms with van der Waals surface area (Å²) in [6.07, 6.45) is 1.40. The molecule has 2 rings (SSSR count). The molecular weight excluding hydrogens is 290 g/mol. The summed E-state index contributed by atoms with van der Waals surface area (Å²) in [6, 6.07) is 7.01. The molecule has 0 aliphatic carbocycles. The van der Waals surface area contributed by atoms with Gasteiger partial charge in [-0.25, -0.2) is 4.98 Å². The van der Waals surface area contributed by atoms with Gasteiger partial charge in [-0.05, 0) is 37.6 Å². The molecule has 0 atom stereocenters. The first-order valence-corrected chi connectivity index (χ1v) is 6.85. The van der Waals surface area contributed by atoms with E-state index in [9.17, 15) is 4.79 Å². The van der Waals surface area contributed by atoms with E-state index in [4.69, 9.17) is 22.1 Å². The highest BCUT2D eigenvalue weighted by Gasteiger charge is 2.14. The summed E-state index contributed by atoms with van der Waals surface area (Å²) in [4.78, 5) is 16.1. The van der Waals surface area contributed by atoms with Gasteiger partial charge in [0.1, 0.15) is 10.9 Å². The van der Waals surface area contributed by atoms with Crippen LogP contribution in [-0.4, -0.2) is 17.5 Å². The van der Waals surface area contributed by atoms with Crippen LogP contribution in [0.4, 0.5) is 11.4 Å². The molecule has 0 radical (unpaired) electrons. The molecule has 2 aromatic rings. The fraction of sp³-hybridized carbons (Fsp3) is 0.200. The van der Waals surface area contributed by atoms with E-state index in [1.165, 1.54) is 12.3 Å². The van der Waals surface area contributed by atoms with Gasteiger partial charge in [0.2, 0.25) is 0 Å². The van der Waals surface area contributed by atoms with Crippen molar-refractivity contribution in [1.82, 2.24) is 4.98 Å². The summed E-state index contributed by atoms with van der Waals surface area (Å²) in [5.74, 6) is 0.225. The second kappa shape index (κ2) is 6.45. The van der Waals surface area contributed by atoms with Crippen LogP contribution in [0.25, 0.3) is 0 Å². The first kappa shape index (κ1) is 15.1. The molecule has 0 aliphatic rings. The Labute approximate surface area is 128 Å². The highest BCUT2D eigenvalue weighted by molar-refractivity contribution is 6.33. The number of ether oxygens (including phenoxy) is 1. The van der Waals surface area contributed by atoms with Crippen molar-refractivity contribution < 1.29 is 9.53 Å². The summed E-state index contributed by atoms with van der Waals surface area (Å²) >= 11 is 5.92. The van der Waals surface area contributed by atoms with E-state index in [1.807, 2.05) is 26.0 Å². The van der Waals surface area contributed by atoms with Gasteiger partial charge in [0.15, 0.2) is 0 Å². The van der Waals surface area contributed by atoms with Crippen LogP contribution < -0.4 is 15.8 Å². The van der Waals surface area contributed by atoms with Gasteiger partial charge in [-0.3, -0.25) is 4.79 Å². The number of halogens is 1. The molecule has 0 spiro atoms. The van der Waals surface area contributed by atoms with E-state index >= 15 is 0 Å². The van der Waals surface area contributed by atoms with Gasteiger partial charge >= 0.3 is 0 Å². The van der Waals surface area contributed by atoms with Crippen LogP contribution in [-0.2, 0) is 0 Å². The van der Waals surface area contributed by atoms with Crippen molar-refractivity contribution >= 4 is 28.9 Å². The van der Waals surface area contributed by atoms with Crippen molar-refractivity contribution in [3.05, 3.63) is 46.7 Å². The van der Waals surface area contributed by atoms with E-state index in [1.54, 1.807) is 6.07 Å². The second-order valence-corrected chi connectivity index (χ2v) is 4.85. The quantitative estimate of drug-likeness (QED) is 0.850. The smallest absolute Gasteiger partial charge is 0.258 e. The van der Waals surface area contributed by atoms with Gasteiger partial charge in [0.25, 0.3) is 5.91 Å². The van der Waals surface area contributed by atoms with Crippen molar-refractivity contribution in [1.29, 1.82) is 0 Å². The Bertz CT molecular complexity index is 674. The number of carbonyl (C=O) groups is 1. The number of hydrogen-bond acceptors (Lipinski definition) is 4. The number of amides is 1. The maximum atomic E-state index is 12.3. The Balaban J connectivity index is 2.29. The van der Waals surface area contributed by atoms with Gasteiger partial charge in [-0.2, -0.15) is 0 Å². The predicted octanol–water partition coefficient (Wildman–Crippen LogP) is 3.28. The summed E-state index contributed by atoms with van der Waals surface area (Å²) < 4.78 is 5.52. The maximum absolute atomic E-state index is 12.3. The summed E-state index contributed by atoms with van der Waals surface area (Å²) in [7, 11) is 0. The number of rotatable bonds is 4. The third-order valence-corrected chi connectivity index (χ3v) is 3.09. The number of aryl methyl sites for hydroxylation is 1. The zero-order valence-electron chi connectivity index (χ0n) is 11.8. The Morgan fingerprint density at radius 2 is 2.19 bits per heavy atom. The molecule has 3 N–H and O–H groups in total. The van der Waals surface area contributed by atoms with Crippen molar-refractivity contribution in [3.8, 4) is 5.75 Å². The lowest BCUT2D eigenvalue weighted by atomic mass is 10.2. The predicted molar refractivity (Wildman–Crippen MR) is 84.0 cm³/mol. The third-order valence-electron chi connectivity index (χ3n) is 2.79. The van der Waals surface area contributed by atoms with Crippen LogP contribution in [0.5, 0.6) is 5.75 Å². The summed E-state index contributed by atoms with van der Waals surface area (Å²) in [5, 5.41) is 2.87. The minimum Gasteiger partial charge on any atom is -0.492 e. The number of hydrogen-bond donors (Lipinski definition) is 2. The Kier molecular flexibility index (Phi) is 4.65. The Morgan fingerprint density at radius 1 is 1.43 bits per heavy atom. The van der Waals surface area contributed by atoms with E-state index in [0.29, 0.717) is 23.7 Å². The van der Waals surface area contributed by atoms with Crippen molar-refractivity contribution in [2.24, 2.45) is 0 Å². The third kappa shape index (κ3) is 3.64. The number of carbonyl (C=O) groups excluding carboxylic acids is 1. The number of nitrogens with zero attached hydrogens (tertiary/aromatic N) is 1. The molecule has 0 unspecified atom stereocenters. The van der Waals surface area contributed by atoms with Crippen molar-refractivity contribution in [2.45, 2.75) is 13.8 Å². The summed E-state index contributed by atoms with van der Waals surface area (Å²) in [6.45, 7) is 4.34. The highest BCUT2D eigenvalue weighted by atomic mass is 35.5. The highest BCUT2D eigenvalue weighted by Crippen LogP contribution is 2.27. The average Bonchev–Trinajstić information content (AvgIpc) is 2.44. The van der Waals surface area contributed by atoms with Gasteiger partial charge in [-0.1, -0.05) is 17.7 Å². The van der Waals surface area contributed by atoms with Crippen LogP contribution in [0.3, 0.4) is 0 Å². The Morgan fingerprint density at radius 3 is 2.90 bits per heavy atom. The maximum Gasteiger partial charge on any atom is 0.258 e. The molecule has 110 valence electrons.